The number of rotatable bonds is 6. The van der Waals surface area contributed by atoms with Crippen molar-refractivity contribution in [2.24, 2.45) is 5.73 Å². The molecule has 2 unspecified atom stereocenters. The Kier molecular flexibility index (Phi) is 5.71. The van der Waals surface area contributed by atoms with Crippen molar-refractivity contribution in [1.29, 1.82) is 0 Å². The molecule has 0 bridgehead atoms. The van der Waals surface area contributed by atoms with Crippen molar-refractivity contribution < 1.29 is 4.21 Å². The SMILES string of the molecule is Cc1ccccc1S(=O)CCCCC(C)N. The first kappa shape index (κ1) is 13.4. The third-order valence-electron chi connectivity index (χ3n) is 2.58. The molecule has 0 saturated carbocycles. The fraction of sp³-hybridized carbons (Fsp3) is 0.538. The number of benzene rings is 1. The van der Waals surface area contributed by atoms with Crippen molar-refractivity contribution >= 4 is 10.8 Å². The summed E-state index contributed by atoms with van der Waals surface area (Å²) in [5.74, 6) is 0.748. The largest absolute Gasteiger partial charge is 0.328 e. The molecule has 2 N–H and O–H groups in total. The molecule has 0 aliphatic carbocycles. The first-order valence-corrected chi connectivity index (χ1v) is 7.12. The second-order valence-electron chi connectivity index (χ2n) is 4.29. The lowest BCUT2D eigenvalue weighted by Gasteiger charge is -2.06. The maximum Gasteiger partial charge on any atom is 0.0532 e. The number of nitrogens with two attached hydrogens (primary N) is 1. The molecule has 2 atom stereocenters. The van der Waals surface area contributed by atoms with Crippen LogP contribution in [0.2, 0.25) is 0 Å². The highest BCUT2D eigenvalue weighted by molar-refractivity contribution is 7.85. The molecule has 3 heteroatoms. The van der Waals surface area contributed by atoms with E-state index in [4.69, 9.17) is 5.73 Å². The molecule has 2 nitrogen and oxygen atoms in total. The van der Waals surface area contributed by atoms with Gasteiger partial charge in [-0.2, -0.15) is 0 Å². The van der Waals surface area contributed by atoms with Gasteiger partial charge in [-0.1, -0.05) is 24.6 Å². The van der Waals surface area contributed by atoms with Crippen LogP contribution in [-0.4, -0.2) is 16.0 Å². The molecular weight excluding hydrogens is 218 g/mol. The third-order valence-corrected chi connectivity index (χ3v) is 4.19. The van der Waals surface area contributed by atoms with Crippen LogP contribution in [0, 0.1) is 6.92 Å². The summed E-state index contributed by atoms with van der Waals surface area (Å²) in [7, 11) is -0.851. The Bertz CT molecular complexity index is 350. The average molecular weight is 239 g/mol. The van der Waals surface area contributed by atoms with Gasteiger partial charge in [0.15, 0.2) is 0 Å². The molecule has 0 aliphatic heterocycles. The van der Waals surface area contributed by atoms with E-state index in [1.165, 1.54) is 0 Å². The summed E-state index contributed by atoms with van der Waals surface area (Å²) in [4.78, 5) is 0.975. The highest BCUT2D eigenvalue weighted by Crippen LogP contribution is 2.13. The van der Waals surface area contributed by atoms with Crippen LogP contribution in [0.4, 0.5) is 0 Å². The highest BCUT2D eigenvalue weighted by Gasteiger charge is 2.06. The maximum atomic E-state index is 12.0. The molecule has 0 heterocycles. The molecule has 0 aliphatic rings. The van der Waals surface area contributed by atoms with Crippen LogP contribution >= 0.6 is 0 Å². The van der Waals surface area contributed by atoms with Gasteiger partial charge in [0.2, 0.25) is 0 Å². The van der Waals surface area contributed by atoms with Crippen LogP contribution in [0.3, 0.4) is 0 Å². The summed E-state index contributed by atoms with van der Waals surface area (Å²) in [5.41, 5.74) is 6.79. The quantitative estimate of drug-likeness (QED) is 0.775. The topological polar surface area (TPSA) is 43.1 Å². The summed E-state index contributed by atoms with van der Waals surface area (Å²) >= 11 is 0. The predicted molar refractivity (Wildman–Crippen MR) is 70.0 cm³/mol. The maximum absolute atomic E-state index is 12.0. The second-order valence-corrected chi connectivity index (χ2v) is 5.83. The smallest absolute Gasteiger partial charge is 0.0532 e. The van der Waals surface area contributed by atoms with Gasteiger partial charge >= 0.3 is 0 Å². The molecule has 0 radical (unpaired) electrons. The van der Waals surface area contributed by atoms with Gasteiger partial charge in [-0.25, -0.2) is 0 Å². The van der Waals surface area contributed by atoms with Crippen LogP contribution in [0.1, 0.15) is 31.7 Å². The van der Waals surface area contributed by atoms with E-state index in [9.17, 15) is 4.21 Å². The van der Waals surface area contributed by atoms with Crippen molar-refractivity contribution in [1.82, 2.24) is 0 Å². The summed E-state index contributed by atoms with van der Waals surface area (Å²) < 4.78 is 12.0. The van der Waals surface area contributed by atoms with E-state index < -0.39 is 10.8 Å². The number of hydrogen-bond acceptors (Lipinski definition) is 2. The normalized spacial score (nSPS) is 14.7. The van der Waals surface area contributed by atoms with E-state index in [2.05, 4.69) is 0 Å². The van der Waals surface area contributed by atoms with Crippen LogP contribution in [0.5, 0.6) is 0 Å². The Hall–Kier alpha value is -0.670. The van der Waals surface area contributed by atoms with Gasteiger partial charge in [0, 0.05) is 16.7 Å². The molecule has 0 fully saturated rings. The highest BCUT2D eigenvalue weighted by atomic mass is 32.2. The van der Waals surface area contributed by atoms with E-state index in [1.54, 1.807) is 0 Å². The monoisotopic (exact) mass is 239 g/mol. The lowest BCUT2D eigenvalue weighted by molar-refractivity contribution is 0.613. The fourth-order valence-corrected chi connectivity index (χ4v) is 2.97. The van der Waals surface area contributed by atoms with E-state index in [0.29, 0.717) is 0 Å². The molecule has 1 aromatic carbocycles. The van der Waals surface area contributed by atoms with Crippen LogP contribution < -0.4 is 5.73 Å². The first-order valence-electron chi connectivity index (χ1n) is 5.81. The van der Waals surface area contributed by atoms with Gasteiger partial charge in [-0.3, -0.25) is 4.21 Å². The minimum absolute atomic E-state index is 0.256. The van der Waals surface area contributed by atoms with Gasteiger partial charge in [-0.05, 0) is 38.3 Å². The van der Waals surface area contributed by atoms with E-state index >= 15 is 0 Å². The molecule has 0 spiro atoms. The zero-order valence-electron chi connectivity index (χ0n) is 10.1. The van der Waals surface area contributed by atoms with Gasteiger partial charge in [-0.15, -0.1) is 0 Å². The Morgan fingerprint density at radius 3 is 2.62 bits per heavy atom. The molecule has 90 valence electrons. The van der Waals surface area contributed by atoms with Crippen LogP contribution in [-0.2, 0) is 10.8 Å². The number of hydrogen-bond donors (Lipinski definition) is 1. The van der Waals surface area contributed by atoms with E-state index in [0.717, 1.165) is 35.5 Å². The standard InChI is InChI=1S/C13H21NOS/c1-11-7-3-4-9-13(11)16(15)10-6-5-8-12(2)14/h3-4,7,9,12H,5-6,8,10,14H2,1-2H3. The van der Waals surface area contributed by atoms with Crippen molar-refractivity contribution in [3.05, 3.63) is 29.8 Å². The Balaban J connectivity index is 2.39. The lowest BCUT2D eigenvalue weighted by atomic mass is 10.2. The molecular formula is C13H21NOS. The van der Waals surface area contributed by atoms with Gasteiger partial charge in [0.05, 0.1) is 10.8 Å². The van der Waals surface area contributed by atoms with Gasteiger partial charge < -0.3 is 5.73 Å². The third kappa shape index (κ3) is 4.45. The summed E-state index contributed by atoms with van der Waals surface area (Å²) in [5, 5.41) is 0. The molecule has 0 saturated heterocycles. The first-order chi connectivity index (χ1) is 7.61. The molecule has 0 aromatic heterocycles. The average Bonchev–Trinajstić information content (AvgIpc) is 2.24. The Morgan fingerprint density at radius 1 is 1.31 bits per heavy atom. The summed E-state index contributed by atoms with van der Waals surface area (Å²) in [6.07, 6.45) is 3.07. The summed E-state index contributed by atoms with van der Waals surface area (Å²) in [6, 6.07) is 8.15. The van der Waals surface area contributed by atoms with E-state index in [1.807, 2.05) is 38.1 Å². The number of unbranched alkanes of at least 4 members (excludes halogenated alkanes) is 1. The van der Waals surface area contributed by atoms with Gasteiger partial charge in [0.1, 0.15) is 0 Å². The Labute approximate surface area is 101 Å². The van der Waals surface area contributed by atoms with Crippen LogP contribution in [0.15, 0.2) is 29.2 Å². The zero-order chi connectivity index (χ0) is 12.0. The molecule has 0 amide bonds. The minimum Gasteiger partial charge on any atom is -0.328 e. The Morgan fingerprint density at radius 2 is 2.00 bits per heavy atom. The fourth-order valence-electron chi connectivity index (χ4n) is 1.62. The van der Waals surface area contributed by atoms with Crippen molar-refractivity contribution in [3.8, 4) is 0 Å². The summed E-state index contributed by atoms with van der Waals surface area (Å²) in [6.45, 7) is 4.02. The number of aryl methyl sites for hydroxylation is 1. The zero-order valence-corrected chi connectivity index (χ0v) is 10.9. The predicted octanol–water partition coefficient (Wildman–Crippen LogP) is 2.62. The molecule has 16 heavy (non-hydrogen) atoms. The van der Waals surface area contributed by atoms with E-state index in [-0.39, 0.29) is 6.04 Å². The molecule has 1 aromatic rings. The lowest BCUT2D eigenvalue weighted by Crippen LogP contribution is -2.14. The van der Waals surface area contributed by atoms with Crippen molar-refractivity contribution in [3.63, 3.8) is 0 Å². The molecule has 1 rings (SSSR count). The van der Waals surface area contributed by atoms with Crippen molar-refractivity contribution in [2.75, 3.05) is 5.75 Å². The second kappa shape index (κ2) is 6.81. The van der Waals surface area contributed by atoms with Gasteiger partial charge in [0.25, 0.3) is 0 Å². The minimum atomic E-state index is -0.851. The van der Waals surface area contributed by atoms with Crippen LogP contribution in [0.25, 0.3) is 0 Å². The van der Waals surface area contributed by atoms with Crippen molar-refractivity contribution in [2.45, 2.75) is 44.0 Å².